The van der Waals surface area contributed by atoms with Crippen LogP contribution in [0.2, 0.25) is 0 Å². The first-order valence-electron chi connectivity index (χ1n) is 13.7. The van der Waals surface area contributed by atoms with Gasteiger partial charge in [-0.25, -0.2) is 4.68 Å². The highest BCUT2D eigenvalue weighted by Crippen LogP contribution is 2.40. The van der Waals surface area contributed by atoms with E-state index in [9.17, 15) is 14.7 Å². The van der Waals surface area contributed by atoms with Gasteiger partial charge in [0.2, 0.25) is 6.29 Å². The van der Waals surface area contributed by atoms with Crippen molar-refractivity contribution in [2.24, 2.45) is 13.0 Å². The van der Waals surface area contributed by atoms with Crippen LogP contribution >= 0.6 is 0 Å². The van der Waals surface area contributed by atoms with Gasteiger partial charge in [-0.05, 0) is 57.7 Å². The Kier molecular flexibility index (Phi) is 9.27. The van der Waals surface area contributed by atoms with Gasteiger partial charge in [0.25, 0.3) is 11.5 Å². The summed E-state index contributed by atoms with van der Waals surface area (Å²) in [6, 6.07) is 9.56. The van der Waals surface area contributed by atoms with Crippen LogP contribution < -0.4 is 5.56 Å². The third-order valence-electron chi connectivity index (χ3n) is 7.70. The van der Waals surface area contributed by atoms with Gasteiger partial charge in [0.1, 0.15) is 0 Å². The molecule has 8 heteroatoms. The zero-order chi connectivity index (χ0) is 26.4. The summed E-state index contributed by atoms with van der Waals surface area (Å²) < 4.78 is 15.8. The molecule has 0 bridgehead atoms. The van der Waals surface area contributed by atoms with Gasteiger partial charge in [0.05, 0.1) is 5.69 Å². The molecule has 37 heavy (non-hydrogen) atoms. The third-order valence-corrected chi connectivity index (χ3v) is 7.70. The predicted molar refractivity (Wildman–Crippen MR) is 143 cm³/mol. The highest BCUT2D eigenvalue weighted by Gasteiger charge is 2.41. The number of hydrogen-bond acceptors (Lipinski definition) is 5. The number of rotatable bonds is 8. The van der Waals surface area contributed by atoms with Gasteiger partial charge < -0.3 is 19.5 Å². The monoisotopic (exact) mass is 511 g/mol. The lowest BCUT2D eigenvalue weighted by Gasteiger charge is -2.37. The van der Waals surface area contributed by atoms with Crippen molar-refractivity contribution in [3.8, 4) is 5.69 Å². The number of amides is 1. The Morgan fingerprint density at radius 3 is 2.43 bits per heavy atom. The molecule has 0 unspecified atom stereocenters. The van der Waals surface area contributed by atoms with E-state index >= 15 is 0 Å². The lowest BCUT2D eigenvalue weighted by Crippen LogP contribution is -2.42. The fourth-order valence-corrected chi connectivity index (χ4v) is 5.67. The van der Waals surface area contributed by atoms with Crippen molar-refractivity contribution in [1.82, 2.24) is 14.3 Å². The first kappa shape index (κ1) is 27.2. The molecule has 202 valence electrons. The van der Waals surface area contributed by atoms with E-state index in [1.54, 1.807) is 4.68 Å². The van der Waals surface area contributed by atoms with Crippen molar-refractivity contribution in [3.63, 3.8) is 0 Å². The van der Waals surface area contributed by atoms with Crippen LogP contribution in [0, 0.1) is 12.8 Å². The molecule has 1 saturated heterocycles. The van der Waals surface area contributed by atoms with E-state index in [4.69, 9.17) is 9.47 Å². The summed E-state index contributed by atoms with van der Waals surface area (Å²) in [4.78, 5) is 29.5. The summed E-state index contributed by atoms with van der Waals surface area (Å²) in [5.41, 5.74) is 2.14. The highest BCUT2D eigenvalue weighted by molar-refractivity contribution is 5.91. The summed E-state index contributed by atoms with van der Waals surface area (Å²) in [6.07, 6.45) is 7.75. The minimum Gasteiger partial charge on any atom is -0.459 e. The molecule has 2 aromatic rings. The largest absolute Gasteiger partial charge is 0.459 e. The van der Waals surface area contributed by atoms with E-state index < -0.39 is 6.29 Å². The number of aliphatic hydroxyl groups excluding tert-OH is 1. The molecule has 0 aliphatic carbocycles. The molecule has 1 fully saturated rings. The molecular formula is C29H41N3O5. The SMILES string of the molecule is CCO[C@H]1OC(C(=O)N2CCCCCCC2)=C[C@@H](c2c(C)n(C)n(-c3ccccc3)c2=O)[C@H]1CCCO. The van der Waals surface area contributed by atoms with Crippen LogP contribution in [-0.4, -0.2) is 57.9 Å². The Morgan fingerprint density at radius 2 is 1.78 bits per heavy atom. The van der Waals surface area contributed by atoms with Gasteiger partial charge in [-0.1, -0.05) is 37.5 Å². The van der Waals surface area contributed by atoms with Gasteiger partial charge in [0, 0.05) is 56.4 Å². The number of aliphatic hydroxyl groups is 1. The number of ether oxygens (including phenoxy) is 2. The number of benzene rings is 1. The first-order valence-corrected chi connectivity index (χ1v) is 13.7. The van der Waals surface area contributed by atoms with Crippen LogP contribution in [0.1, 0.15) is 69.0 Å². The van der Waals surface area contributed by atoms with E-state index in [0.717, 1.165) is 37.1 Å². The molecule has 0 saturated carbocycles. The number of nitrogens with zero attached hydrogens (tertiary/aromatic N) is 3. The second-order valence-electron chi connectivity index (χ2n) is 10.1. The molecule has 0 radical (unpaired) electrons. The summed E-state index contributed by atoms with van der Waals surface area (Å²) in [7, 11) is 1.88. The van der Waals surface area contributed by atoms with Crippen LogP contribution in [0.25, 0.3) is 5.69 Å². The molecule has 1 N–H and O–H groups in total. The van der Waals surface area contributed by atoms with Crippen LogP contribution in [0.4, 0.5) is 0 Å². The number of carbonyl (C=O) groups is 1. The number of likely N-dealkylation sites (tertiary alicyclic amines) is 1. The number of para-hydroxylation sites is 1. The lowest BCUT2D eigenvalue weighted by molar-refractivity contribution is -0.170. The van der Waals surface area contributed by atoms with Crippen LogP contribution in [0.15, 0.2) is 47.0 Å². The van der Waals surface area contributed by atoms with E-state index in [1.807, 2.05) is 66.9 Å². The van der Waals surface area contributed by atoms with Crippen molar-refractivity contribution < 1.29 is 19.4 Å². The fourth-order valence-electron chi connectivity index (χ4n) is 5.67. The molecule has 3 heterocycles. The fraction of sp³-hybridized carbons (Fsp3) is 0.586. The Balaban J connectivity index is 1.80. The molecule has 2 aliphatic heterocycles. The second-order valence-corrected chi connectivity index (χ2v) is 10.1. The number of aromatic nitrogens is 2. The number of allylic oxidation sites excluding steroid dienone is 1. The average molecular weight is 512 g/mol. The highest BCUT2D eigenvalue weighted by atomic mass is 16.7. The molecule has 2 aliphatic rings. The Hall–Kier alpha value is -2.84. The first-order chi connectivity index (χ1) is 18.0. The van der Waals surface area contributed by atoms with Gasteiger partial charge >= 0.3 is 0 Å². The molecular weight excluding hydrogens is 470 g/mol. The molecule has 1 aromatic carbocycles. The van der Waals surface area contributed by atoms with E-state index in [-0.39, 0.29) is 35.7 Å². The summed E-state index contributed by atoms with van der Waals surface area (Å²) in [5, 5.41) is 9.61. The quantitative estimate of drug-likeness (QED) is 0.579. The van der Waals surface area contributed by atoms with Crippen molar-refractivity contribution in [1.29, 1.82) is 0 Å². The van der Waals surface area contributed by atoms with E-state index in [2.05, 4.69) is 0 Å². The van der Waals surface area contributed by atoms with Crippen molar-refractivity contribution in [3.05, 3.63) is 63.8 Å². The second kappa shape index (κ2) is 12.6. The van der Waals surface area contributed by atoms with Gasteiger partial charge in [-0.3, -0.25) is 14.3 Å². The van der Waals surface area contributed by atoms with Crippen molar-refractivity contribution in [2.75, 3.05) is 26.3 Å². The zero-order valence-corrected chi connectivity index (χ0v) is 22.4. The normalized spacial score (nSPS) is 22.6. The topological polar surface area (TPSA) is 85.9 Å². The summed E-state index contributed by atoms with van der Waals surface area (Å²) in [6.45, 7) is 5.71. The van der Waals surface area contributed by atoms with E-state index in [1.165, 1.54) is 6.42 Å². The number of hydrogen-bond donors (Lipinski definition) is 1. The molecule has 1 amide bonds. The maximum atomic E-state index is 13.9. The third kappa shape index (κ3) is 5.85. The smallest absolute Gasteiger partial charge is 0.288 e. The molecule has 8 nitrogen and oxygen atoms in total. The molecule has 0 spiro atoms. The van der Waals surface area contributed by atoms with Crippen LogP contribution in [0.3, 0.4) is 0 Å². The molecule has 4 rings (SSSR count). The Morgan fingerprint density at radius 1 is 1.11 bits per heavy atom. The van der Waals surface area contributed by atoms with Crippen LogP contribution in [0.5, 0.6) is 0 Å². The average Bonchev–Trinajstić information content (AvgIpc) is 3.10. The predicted octanol–water partition coefficient (Wildman–Crippen LogP) is 4.03. The van der Waals surface area contributed by atoms with Crippen molar-refractivity contribution >= 4 is 5.91 Å². The van der Waals surface area contributed by atoms with Gasteiger partial charge in [-0.15, -0.1) is 0 Å². The van der Waals surface area contributed by atoms with E-state index in [0.29, 0.717) is 38.1 Å². The Bertz CT molecular complexity index is 1130. The molecule has 1 aromatic heterocycles. The minimum absolute atomic E-state index is 0.0351. The molecule has 3 atom stereocenters. The maximum Gasteiger partial charge on any atom is 0.288 e. The maximum absolute atomic E-state index is 13.9. The Labute approximate surface area is 219 Å². The summed E-state index contributed by atoms with van der Waals surface area (Å²) >= 11 is 0. The zero-order valence-electron chi connectivity index (χ0n) is 22.4. The standard InChI is InChI=1S/C29H41N3O5/c1-4-36-29-23(16-13-19-33)24(20-25(37-29)27(34)31-17-11-6-5-7-12-18-31)26-21(2)30(3)32(28(26)35)22-14-9-8-10-15-22/h8-10,14-15,20,23-24,29,33H,4-7,11-13,16-19H2,1-3H3/t23-,24-,29+/m1/s1. The minimum atomic E-state index is -0.676. The van der Waals surface area contributed by atoms with Crippen LogP contribution in [-0.2, 0) is 21.3 Å². The number of carbonyl (C=O) groups excluding carboxylic acids is 1. The lowest BCUT2D eigenvalue weighted by atomic mass is 9.80. The van der Waals surface area contributed by atoms with Gasteiger partial charge in [0.15, 0.2) is 5.76 Å². The van der Waals surface area contributed by atoms with Crippen molar-refractivity contribution in [2.45, 2.75) is 71.0 Å². The van der Waals surface area contributed by atoms with Gasteiger partial charge in [-0.2, -0.15) is 0 Å². The summed E-state index contributed by atoms with van der Waals surface area (Å²) in [5.74, 6) is -0.462.